The summed E-state index contributed by atoms with van der Waals surface area (Å²) in [6, 6.07) is 15.6. The maximum atomic E-state index is 13.2. The van der Waals surface area contributed by atoms with Crippen molar-refractivity contribution in [3.05, 3.63) is 84.2 Å². The van der Waals surface area contributed by atoms with E-state index < -0.39 is 5.97 Å². The largest absolute Gasteiger partial charge is 0.464 e. The molecule has 0 spiro atoms. The van der Waals surface area contributed by atoms with Gasteiger partial charge in [0.1, 0.15) is 11.5 Å². The van der Waals surface area contributed by atoms with Gasteiger partial charge < -0.3 is 13.9 Å². The molecule has 0 saturated carbocycles. The average Bonchev–Trinajstić information content (AvgIpc) is 3.23. The second-order valence-corrected chi connectivity index (χ2v) is 5.86. The minimum absolute atomic E-state index is 0.292. The van der Waals surface area contributed by atoms with Gasteiger partial charge in [-0.25, -0.2) is 9.18 Å². The maximum absolute atomic E-state index is 13.2. The number of hydrogen-bond donors (Lipinski definition) is 0. The minimum Gasteiger partial charge on any atom is -0.464 e. The van der Waals surface area contributed by atoms with E-state index in [1.807, 2.05) is 39.6 Å². The maximum Gasteiger partial charge on any atom is 0.354 e. The van der Waals surface area contributed by atoms with Crippen molar-refractivity contribution in [3.63, 3.8) is 0 Å². The molecule has 0 fully saturated rings. The number of methoxy groups -OCH3 is 1. The Morgan fingerprint density at radius 2 is 1.92 bits per heavy atom. The number of esters is 1. The molecule has 0 aliphatic heterocycles. The first-order valence-electron chi connectivity index (χ1n) is 8.12. The number of halogens is 1. The van der Waals surface area contributed by atoms with Crippen LogP contribution in [0, 0.1) is 5.82 Å². The number of rotatable bonds is 4. The van der Waals surface area contributed by atoms with Crippen LogP contribution in [0.5, 0.6) is 0 Å². The molecule has 0 unspecified atom stereocenters. The molecule has 26 heavy (non-hydrogen) atoms. The van der Waals surface area contributed by atoms with E-state index in [2.05, 4.69) is 4.98 Å². The second-order valence-electron chi connectivity index (χ2n) is 5.86. The molecule has 4 aromatic rings. The van der Waals surface area contributed by atoms with E-state index in [0.717, 1.165) is 22.4 Å². The molecule has 0 radical (unpaired) electrons. The first kappa shape index (κ1) is 16.1. The van der Waals surface area contributed by atoms with Gasteiger partial charge in [0.2, 0.25) is 0 Å². The summed E-state index contributed by atoms with van der Waals surface area (Å²) in [6.07, 6.45) is 3.62. The first-order valence-corrected chi connectivity index (χ1v) is 8.12. The smallest absolute Gasteiger partial charge is 0.354 e. The molecule has 130 valence electrons. The number of benzene rings is 1. The highest BCUT2D eigenvalue weighted by atomic mass is 19.1. The fraction of sp³-hybridized carbons (Fsp3) is 0.100. The Morgan fingerprint density at radius 1 is 1.12 bits per heavy atom. The van der Waals surface area contributed by atoms with Gasteiger partial charge >= 0.3 is 5.97 Å². The summed E-state index contributed by atoms with van der Waals surface area (Å²) < 4.78 is 22.0. The number of aromatic nitrogens is 3. The number of nitrogens with zero attached hydrogens (tertiary/aromatic N) is 3. The van der Waals surface area contributed by atoms with Crippen LogP contribution in [0.15, 0.2) is 67.0 Å². The van der Waals surface area contributed by atoms with Crippen molar-refractivity contribution in [2.45, 2.75) is 6.54 Å². The van der Waals surface area contributed by atoms with Crippen molar-refractivity contribution >= 4 is 17.0 Å². The van der Waals surface area contributed by atoms with Crippen LogP contribution in [0.4, 0.5) is 4.39 Å². The van der Waals surface area contributed by atoms with Crippen LogP contribution >= 0.6 is 0 Å². The molecule has 0 saturated heterocycles. The summed E-state index contributed by atoms with van der Waals surface area (Å²) in [7, 11) is 1.36. The molecule has 1 aromatic carbocycles. The molecule has 0 N–H and O–H groups in total. The highest BCUT2D eigenvalue weighted by Gasteiger charge is 2.19. The van der Waals surface area contributed by atoms with Crippen molar-refractivity contribution in [2.75, 3.05) is 7.11 Å². The van der Waals surface area contributed by atoms with Gasteiger partial charge in [-0.2, -0.15) is 0 Å². The van der Waals surface area contributed by atoms with Crippen LogP contribution < -0.4 is 0 Å². The lowest BCUT2D eigenvalue weighted by Crippen LogP contribution is -2.11. The molecular formula is C20H16FN3O2. The van der Waals surface area contributed by atoms with Crippen LogP contribution in [0.2, 0.25) is 0 Å². The lowest BCUT2D eigenvalue weighted by molar-refractivity contribution is 0.0589. The lowest BCUT2D eigenvalue weighted by atomic mass is 10.3. The van der Waals surface area contributed by atoms with E-state index in [0.29, 0.717) is 12.2 Å². The zero-order valence-electron chi connectivity index (χ0n) is 14.1. The monoisotopic (exact) mass is 349 g/mol. The van der Waals surface area contributed by atoms with Crippen molar-refractivity contribution in [3.8, 4) is 5.69 Å². The van der Waals surface area contributed by atoms with Gasteiger partial charge in [-0.05, 0) is 48.5 Å². The fourth-order valence-corrected chi connectivity index (χ4v) is 3.07. The van der Waals surface area contributed by atoms with E-state index >= 15 is 0 Å². The molecule has 6 heteroatoms. The normalized spacial score (nSPS) is 11.0. The van der Waals surface area contributed by atoms with E-state index in [1.54, 1.807) is 24.4 Å². The molecule has 0 amide bonds. The topological polar surface area (TPSA) is 49.0 Å². The van der Waals surface area contributed by atoms with Gasteiger partial charge in [-0.3, -0.25) is 4.98 Å². The van der Waals surface area contributed by atoms with Gasteiger partial charge in [0.25, 0.3) is 0 Å². The fourth-order valence-electron chi connectivity index (χ4n) is 3.07. The molecule has 3 aromatic heterocycles. The predicted molar refractivity (Wildman–Crippen MR) is 95.9 cm³/mol. The van der Waals surface area contributed by atoms with Gasteiger partial charge in [0, 0.05) is 18.1 Å². The van der Waals surface area contributed by atoms with Crippen LogP contribution in [0.1, 0.15) is 16.2 Å². The Hall–Kier alpha value is -3.41. The van der Waals surface area contributed by atoms with E-state index in [-0.39, 0.29) is 5.82 Å². The van der Waals surface area contributed by atoms with Crippen LogP contribution in [-0.2, 0) is 11.3 Å². The predicted octanol–water partition coefficient (Wildman–Crippen LogP) is 3.80. The van der Waals surface area contributed by atoms with Crippen LogP contribution in [-0.4, -0.2) is 27.2 Å². The average molecular weight is 349 g/mol. The summed E-state index contributed by atoms with van der Waals surface area (Å²) >= 11 is 0. The quantitative estimate of drug-likeness (QED) is 0.527. The van der Waals surface area contributed by atoms with Crippen LogP contribution in [0.3, 0.4) is 0 Å². The van der Waals surface area contributed by atoms with Gasteiger partial charge in [-0.15, -0.1) is 0 Å². The second kappa shape index (κ2) is 6.48. The van der Waals surface area contributed by atoms with Crippen molar-refractivity contribution < 1.29 is 13.9 Å². The third-order valence-electron chi connectivity index (χ3n) is 4.30. The zero-order chi connectivity index (χ0) is 18.1. The summed E-state index contributed by atoms with van der Waals surface area (Å²) in [4.78, 5) is 16.6. The Bertz CT molecular complexity index is 1070. The Labute approximate surface area is 149 Å². The molecule has 3 heterocycles. The van der Waals surface area contributed by atoms with Gasteiger partial charge in [0.15, 0.2) is 0 Å². The van der Waals surface area contributed by atoms with E-state index in [1.165, 1.54) is 19.2 Å². The van der Waals surface area contributed by atoms with Crippen LogP contribution in [0.25, 0.3) is 16.7 Å². The standard InChI is InChI=1S/C20H16FN3O2/c1-26-20(25)19-12-18-17(24(19)13-15-4-2-3-10-22-15)9-11-23(18)16-7-5-14(21)6-8-16/h2-12H,13H2,1H3. The van der Waals surface area contributed by atoms with E-state index in [4.69, 9.17) is 4.74 Å². The number of pyridine rings is 1. The minimum atomic E-state index is -0.414. The third-order valence-corrected chi connectivity index (χ3v) is 4.30. The lowest BCUT2D eigenvalue weighted by Gasteiger charge is -2.08. The first-order chi connectivity index (χ1) is 12.7. The Balaban J connectivity index is 1.86. The van der Waals surface area contributed by atoms with Crippen molar-refractivity contribution in [2.24, 2.45) is 0 Å². The Kier molecular flexibility index (Phi) is 4.01. The summed E-state index contributed by atoms with van der Waals surface area (Å²) in [5.41, 5.74) is 3.81. The highest BCUT2D eigenvalue weighted by Crippen LogP contribution is 2.26. The number of carbonyl (C=O) groups excluding carboxylic acids is 1. The molecule has 0 aliphatic carbocycles. The Morgan fingerprint density at radius 3 is 2.62 bits per heavy atom. The van der Waals surface area contributed by atoms with E-state index in [9.17, 15) is 9.18 Å². The third kappa shape index (κ3) is 2.75. The van der Waals surface area contributed by atoms with Crippen molar-refractivity contribution in [1.82, 2.24) is 14.1 Å². The molecule has 0 atom stereocenters. The molecule has 4 rings (SSSR count). The SMILES string of the molecule is COC(=O)c1cc2c(ccn2-c2ccc(F)cc2)n1Cc1ccccn1. The summed E-state index contributed by atoms with van der Waals surface area (Å²) in [5, 5.41) is 0. The number of carbonyl (C=O) groups is 1. The number of hydrogen-bond acceptors (Lipinski definition) is 3. The van der Waals surface area contributed by atoms with Crippen molar-refractivity contribution in [1.29, 1.82) is 0 Å². The summed E-state index contributed by atoms with van der Waals surface area (Å²) in [5.74, 6) is -0.706. The molecule has 5 nitrogen and oxygen atoms in total. The molecule has 0 bridgehead atoms. The highest BCUT2D eigenvalue weighted by molar-refractivity contribution is 5.95. The van der Waals surface area contributed by atoms with Gasteiger partial charge in [-0.1, -0.05) is 6.07 Å². The molecule has 0 aliphatic rings. The zero-order valence-corrected chi connectivity index (χ0v) is 14.1. The van der Waals surface area contributed by atoms with Gasteiger partial charge in [0.05, 0.1) is 30.4 Å². The molecular weight excluding hydrogens is 333 g/mol. The number of ether oxygens (including phenoxy) is 1. The number of fused-ring (bicyclic) bond motifs is 1. The summed E-state index contributed by atoms with van der Waals surface area (Å²) in [6.45, 7) is 0.447.